The zero-order chi connectivity index (χ0) is 16.8. The van der Waals surface area contributed by atoms with E-state index in [0.29, 0.717) is 12.1 Å². The summed E-state index contributed by atoms with van der Waals surface area (Å²) >= 11 is 0. The van der Waals surface area contributed by atoms with E-state index in [9.17, 15) is 9.59 Å². The summed E-state index contributed by atoms with van der Waals surface area (Å²) in [6, 6.07) is 5.67. The monoisotopic (exact) mass is 322 g/mol. The minimum absolute atomic E-state index is 0.150. The number of nitrogens with zero attached hydrogens (tertiary/aromatic N) is 3. The van der Waals surface area contributed by atoms with Crippen molar-refractivity contribution in [3.63, 3.8) is 0 Å². The first-order valence-electron chi connectivity index (χ1n) is 8.52. The van der Waals surface area contributed by atoms with Crippen molar-refractivity contribution in [2.45, 2.75) is 38.6 Å². The molecule has 0 N–H and O–H groups in total. The van der Waals surface area contributed by atoms with Crippen LogP contribution >= 0.6 is 0 Å². The fraction of sp³-hybridized carbons (Fsp3) is 0.368. The molecule has 0 radical (unpaired) electrons. The zero-order valence-electron chi connectivity index (χ0n) is 13.8. The molecule has 0 atom stereocenters. The molecule has 1 saturated carbocycles. The topological polar surface area (TPSA) is 53.3 Å². The molecule has 4 rings (SSSR count). The van der Waals surface area contributed by atoms with E-state index < -0.39 is 0 Å². The van der Waals surface area contributed by atoms with Crippen LogP contribution in [0.4, 0.5) is 4.79 Å². The average Bonchev–Trinajstić information content (AvgIpc) is 3.10. The number of para-hydroxylation sites is 1. The molecule has 5 nitrogen and oxygen atoms in total. The van der Waals surface area contributed by atoms with Gasteiger partial charge in [-0.15, -0.1) is 0 Å². The minimum atomic E-state index is -0.254. The van der Waals surface area contributed by atoms with Crippen LogP contribution in [-0.4, -0.2) is 34.4 Å². The van der Waals surface area contributed by atoms with Gasteiger partial charge in [0.25, 0.3) is 0 Å². The van der Waals surface area contributed by atoms with E-state index in [2.05, 4.69) is 11.6 Å². The molecule has 2 aliphatic rings. The molecule has 0 spiro atoms. The summed E-state index contributed by atoms with van der Waals surface area (Å²) in [4.78, 5) is 31.6. The molecule has 2 aromatic rings. The molecule has 1 fully saturated rings. The lowest BCUT2D eigenvalue weighted by atomic mass is 10.1. The molecule has 1 aliphatic heterocycles. The first kappa shape index (κ1) is 15.0. The van der Waals surface area contributed by atoms with Crippen LogP contribution < -0.4 is 15.2 Å². The predicted molar refractivity (Wildman–Crippen MR) is 92.1 cm³/mol. The van der Waals surface area contributed by atoms with Gasteiger partial charge >= 0.3 is 11.9 Å². The highest BCUT2D eigenvalue weighted by molar-refractivity contribution is 6.08. The molecule has 0 unspecified atom stereocenters. The Hall–Kier alpha value is -2.56. The molecule has 3 amide bonds. The van der Waals surface area contributed by atoms with Gasteiger partial charge in [0, 0.05) is 11.6 Å². The maximum Gasteiger partial charge on any atom is 0.501 e. The molecule has 2 heterocycles. The summed E-state index contributed by atoms with van der Waals surface area (Å²) in [6.07, 6.45) is 5.79. The van der Waals surface area contributed by atoms with Crippen molar-refractivity contribution in [3.05, 3.63) is 40.5 Å². The van der Waals surface area contributed by atoms with Crippen molar-refractivity contribution in [1.82, 2.24) is 14.5 Å². The first-order chi connectivity index (χ1) is 11.6. The second kappa shape index (κ2) is 5.51. The van der Waals surface area contributed by atoms with Crippen molar-refractivity contribution in [2.75, 3.05) is 6.54 Å². The number of hydrogen-bond acceptors (Lipinski definition) is 3. The highest BCUT2D eigenvalue weighted by Crippen LogP contribution is 2.22. The summed E-state index contributed by atoms with van der Waals surface area (Å²) in [7, 11) is 0. The molecular weight excluding hydrogens is 302 g/mol. The Kier molecular flexibility index (Phi) is 3.44. The third-order valence-electron chi connectivity index (χ3n) is 5.11. The molecule has 0 saturated heterocycles. The molecule has 122 valence electrons. The van der Waals surface area contributed by atoms with E-state index in [1.807, 2.05) is 29.7 Å². The Labute approximate surface area is 139 Å². The van der Waals surface area contributed by atoms with Crippen LogP contribution in [0.25, 0.3) is 17.5 Å². The number of rotatable bonds is 2. The number of urea groups is 1. The lowest BCUT2D eigenvalue weighted by molar-refractivity contribution is 0.0780. The number of fused-ring (bicyclic) bond motifs is 3. The van der Waals surface area contributed by atoms with E-state index in [4.69, 9.17) is 0 Å². The fourth-order valence-corrected chi connectivity index (χ4v) is 3.92. The first-order valence-corrected chi connectivity index (χ1v) is 8.52. The van der Waals surface area contributed by atoms with Crippen LogP contribution in [0.3, 0.4) is 0 Å². The molecule has 1 aromatic heterocycles. The van der Waals surface area contributed by atoms with Gasteiger partial charge in [-0.05, 0) is 43.9 Å². The number of imide groups is 1. The van der Waals surface area contributed by atoms with Gasteiger partial charge in [0.15, 0.2) is 5.36 Å². The smallest absolute Gasteiger partial charge is 0.254 e. The lowest BCUT2D eigenvalue weighted by Gasteiger charge is -2.22. The second-order valence-electron chi connectivity index (χ2n) is 6.47. The van der Waals surface area contributed by atoms with E-state index >= 15 is 0 Å². The van der Waals surface area contributed by atoms with E-state index in [1.165, 1.54) is 4.90 Å². The van der Waals surface area contributed by atoms with Crippen LogP contribution in [0.15, 0.2) is 24.4 Å². The Bertz CT molecular complexity index is 974. The Morgan fingerprint density at radius 1 is 1.29 bits per heavy atom. The zero-order valence-corrected chi connectivity index (χ0v) is 13.8. The number of amides is 3. The molecular formula is C19H20N3O2+. The summed E-state index contributed by atoms with van der Waals surface area (Å²) in [5.74, 6) is -0.254. The summed E-state index contributed by atoms with van der Waals surface area (Å²) < 4.78 is 1.84. The molecule has 1 aliphatic carbocycles. The van der Waals surface area contributed by atoms with Gasteiger partial charge in [-0.2, -0.15) is 14.3 Å². The second-order valence-corrected chi connectivity index (χ2v) is 6.47. The summed E-state index contributed by atoms with van der Waals surface area (Å²) in [5.41, 5.74) is 1.27. The maximum atomic E-state index is 13.0. The van der Waals surface area contributed by atoms with Gasteiger partial charge in [-0.25, -0.2) is 4.79 Å². The normalized spacial score (nSPS) is 18.5. The van der Waals surface area contributed by atoms with Crippen molar-refractivity contribution >= 4 is 29.4 Å². The molecule has 0 bridgehead atoms. The highest BCUT2D eigenvalue weighted by atomic mass is 16.2. The Morgan fingerprint density at radius 2 is 2.04 bits per heavy atom. The van der Waals surface area contributed by atoms with Crippen LogP contribution in [0.1, 0.15) is 43.0 Å². The third kappa shape index (κ3) is 2.00. The Balaban J connectivity index is 2.17. The fourth-order valence-electron chi connectivity index (χ4n) is 3.92. The van der Waals surface area contributed by atoms with Crippen LogP contribution in [0.5, 0.6) is 0 Å². The highest BCUT2D eigenvalue weighted by Gasteiger charge is 2.43. The van der Waals surface area contributed by atoms with Gasteiger partial charge in [0.05, 0.1) is 12.1 Å². The van der Waals surface area contributed by atoms with E-state index in [1.54, 1.807) is 6.20 Å². The van der Waals surface area contributed by atoms with Crippen LogP contribution in [-0.2, 0) is 0 Å². The quantitative estimate of drug-likeness (QED) is 0.791. The van der Waals surface area contributed by atoms with Gasteiger partial charge < -0.3 is 0 Å². The lowest BCUT2D eigenvalue weighted by Crippen LogP contribution is -2.57. The van der Waals surface area contributed by atoms with E-state index in [0.717, 1.165) is 47.2 Å². The van der Waals surface area contributed by atoms with Crippen molar-refractivity contribution in [3.8, 4) is 0 Å². The molecule has 1 aromatic carbocycles. The largest absolute Gasteiger partial charge is 0.501 e. The van der Waals surface area contributed by atoms with Crippen molar-refractivity contribution in [1.29, 1.82) is 0 Å². The number of pyridine rings is 1. The van der Waals surface area contributed by atoms with Crippen molar-refractivity contribution in [2.24, 2.45) is 0 Å². The standard InChI is InChI=1S/C19H20N3O2/c1-3-21-18(23)15-11-20-16-12(2)7-6-10-14(16)17(15)22(19(21)24)13-8-4-5-9-13/h6-7,10-11,13H,2-5,8-9H2,1H3/q+1. The van der Waals surface area contributed by atoms with Gasteiger partial charge in [0.1, 0.15) is 11.6 Å². The molecule has 24 heavy (non-hydrogen) atoms. The number of carbonyl (C=O) groups is 2. The van der Waals surface area contributed by atoms with Gasteiger partial charge in [-0.3, -0.25) is 4.98 Å². The number of benzene rings is 1. The average molecular weight is 322 g/mol. The molecule has 5 heteroatoms. The maximum absolute atomic E-state index is 13.0. The summed E-state index contributed by atoms with van der Waals surface area (Å²) in [6.45, 7) is 6.23. The number of carbonyl (C=O) groups excluding carboxylic acids is 2. The Morgan fingerprint density at radius 3 is 2.75 bits per heavy atom. The van der Waals surface area contributed by atoms with Crippen LogP contribution in [0, 0.1) is 0 Å². The number of aromatic nitrogens is 1. The van der Waals surface area contributed by atoms with Gasteiger partial charge in [0.2, 0.25) is 0 Å². The minimum Gasteiger partial charge on any atom is -0.254 e. The predicted octanol–water partition coefficient (Wildman–Crippen LogP) is 1.67. The number of hydrogen-bond donors (Lipinski definition) is 0. The summed E-state index contributed by atoms with van der Waals surface area (Å²) in [5, 5.41) is 2.36. The van der Waals surface area contributed by atoms with E-state index in [-0.39, 0.29) is 18.0 Å². The van der Waals surface area contributed by atoms with Crippen molar-refractivity contribution < 1.29 is 9.59 Å². The van der Waals surface area contributed by atoms with Gasteiger partial charge in [-0.1, -0.05) is 18.7 Å². The van der Waals surface area contributed by atoms with Crippen LogP contribution in [0.2, 0.25) is 0 Å². The SMILES string of the molecule is C=c1cccc2c3c(cnc12)C(=O)N(CC)C(=O)[N+]=3C1CCCC1. The third-order valence-corrected chi connectivity index (χ3v) is 5.11.